The molecule has 0 radical (unpaired) electrons. The standard InChI is InChI=1S/C12H13NO4/c1-3-13-9-6-8(12(15)16)4-5-10(9)17-7(2)11(13)14/h4-7H,3H2,1-2H3,(H,15,16). The van der Waals surface area contributed by atoms with Crippen LogP contribution in [0.4, 0.5) is 5.69 Å². The average Bonchev–Trinajstić information content (AvgIpc) is 2.30. The zero-order valence-electron chi connectivity index (χ0n) is 9.64. The summed E-state index contributed by atoms with van der Waals surface area (Å²) in [5, 5.41) is 8.92. The third-order valence-corrected chi connectivity index (χ3v) is 2.73. The molecule has 1 aliphatic rings. The number of carboxylic acids is 1. The lowest BCUT2D eigenvalue weighted by atomic mass is 10.1. The maximum atomic E-state index is 11.9. The van der Waals surface area contributed by atoms with Crippen molar-refractivity contribution in [2.24, 2.45) is 0 Å². The highest BCUT2D eigenvalue weighted by molar-refractivity contribution is 6.01. The molecule has 1 unspecified atom stereocenters. The summed E-state index contributed by atoms with van der Waals surface area (Å²) in [6, 6.07) is 4.52. The van der Waals surface area contributed by atoms with E-state index in [9.17, 15) is 9.59 Å². The maximum absolute atomic E-state index is 11.9. The molecule has 1 aromatic carbocycles. The molecule has 0 bridgehead atoms. The molecule has 0 fully saturated rings. The topological polar surface area (TPSA) is 66.8 Å². The Morgan fingerprint density at radius 1 is 1.53 bits per heavy atom. The molecule has 2 rings (SSSR count). The van der Waals surface area contributed by atoms with Crippen LogP contribution in [0.2, 0.25) is 0 Å². The number of carbonyl (C=O) groups is 2. The average molecular weight is 235 g/mol. The van der Waals surface area contributed by atoms with Gasteiger partial charge in [0.1, 0.15) is 5.75 Å². The van der Waals surface area contributed by atoms with Gasteiger partial charge in [0.05, 0.1) is 11.3 Å². The number of anilines is 1. The van der Waals surface area contributed by atoms with Crippen molar-refractivity contribution in [2.75, 3.05) is 11.4 Å². The fraction of sp³-hybridized carbons (Fsp3) is 0.333. The van der Waals surface area contributed by atoms with Gasteiger partial charge in [0.25, 0.3) is 5.91 Å². The van der Waals surface area contributed by atoms with Crippen LogP contribution >= 0.6 is 0 Å². The third-order valence-electron chi connectivity index (χ3n) is 2.73. The molecule has 0 aromatic heterocycles. The largest absolute Gasteiger partial charge is 0.479 e. The number of aromatic carboxylic acids is 1. The fourth-order valence-electron chi connectivity index (χ4n) is 1.87. The zero-order valence-corrected chi connectivity index (χ0v) is 9.64. The van der Waals surface area contributed by atoms with Crippen molar-refractivity contribution in [3.8, 4) is 5.75 Å². The first-order valence-electron chi connectivity index (χ1n) is 5.40. The second kappa shape index (κ2) is 4.08. The van der Waals surface area contributed by atoms with Crippen LogP contribution in [0.1, 0.15) is 24.2 Å². The second-order valence-corrected chi connectivity index (χ2v) is 3.83. The monoisotopic (exact) mass is 235 g/mol. The number of benzene rings is 1. The lowest BCUT2D eigenvalue weighted by Gasteiger charge is -2.32. The Labute approximate surface area is 98.6 Å². The van der Waals surface area contributed by atoms with E-state index in [0.29, 0.717) is 18.0 Å². The van der Waals surface area contributed by atoms with E-state index in [2.05, 4.69) is 0 Å². The van der Waals surface area contributed by atoms with Gasteiger partial charge in [0.15, 0.2) is 6.10 Å². The highest BCUT2D eigenvalue weighted by Crippen LogP contribution is 2.34. The summed E-state index contributed by atoms with van der Waals surface area (Å²) in [5.41, 5.74) is 0.670. The van der Waals surface area contributed by atoms with Crippen LogP contribution in [0.5, 0.6) is 5.75 Å². The fourth-order valence-corrected chi connectivity index (χ4v) is 1.87. The number of ether oxygens (including phenoxy) is 1. The van der Waals surface area contributed by atoms with Crippen molar-refractivity contribution in [3.63, 3.8) is 0 Å². The Morgan fingerprint density at radius 2 is 2.24 bits per heavy atom. The molecule has 1 amide bonds. The van der Waals surface area contributed by atoms with Gasteiger partial charge in [0, 0.05) is 6.54 Å². The van der Waals surface area contributed by atoms with Gasteiger partial charge in [-0.25, -0.2) is 4.79 Å². The predicted molar refractivity (Wildman–Crippen MR) is 61.5 cm³/mol. The van der Waals surface area contributed by atoms with E-state index < -0.39 is 12.1 Å². The van der Waals surface area contributed by atoms with Gasteiger partial charge >= 0.3 is 5.97 Å². The highest BCUT2D eigenvalue weighted by Gasteiger charge is 2.30. The summed E-state index contributed by atoms with van der Waals surface area (Å²) in [6.07, 6.45) is -0.530. The number of fused-ring (bicyclic) bond motifs is 1. The Hall–Kier alpha value is -2.04. The molecule has 0 saturated carbocycles. The summed E-state index contributed by atoms with van der Waals surface area (Å²) in [4.78, 5) is 24.3. The summed E-state index contributed by atoms with van der Waals surface area (Å²) in [5.74, 6) is -0.624. The first-order chi connectivity index (χ1) is 8.04. The predicted octanol–water partition coefficient (Wildman–Crippen LogP) is 1.52. The van der Waals surface area contributed by atoms with Gasteiger partial charge in [-0.3, -0.25) is 4.79 Å². The highest BCUT2D eigenvalue weighted by atomic mass is 16.5. The third kappa shape index (κ3) is 1.84. The molecular weight excluding hydrogens is 222 g/mol. The normalized spacial score (nSPS) is 18.6. The van der Waals surface area contributed by atoms with Gasteiger partial charge in [-0.05, 0) is 32.0 Å². The van der Waals surface area contributed by atoms with Crippen LogP contribution in [0.25, 0.3) is 0 Å². The summed E-state index contributed by atoms with van der Waals surface area (Å²) >= 11 is 0. The zero-order chi connectivity index (χ0) is 12.6. The number of likely N-dealkylation sites (N-methyl/N-ethyl adjacent to an activating group) is 1. The lowest BCUT2D eigenvalue weighted by molar-refractivity contribution is -0.125. The van der Waals surface area contributed by atoms with E-state index in [1.807, 2.05) is 6.92 Å². The molecule has 0 aliphatic carbocycles. The minimum Gasteiger partial charge on any atom is -0.479 e. The van der Waals surface area contributed by atoms with Gasteiger partial charge in [-0.15, -0.1) is 0 Å². The number of hydrogen-bond donors (Lipinski definition) is 1. The summed E-state index contributed by atoms with van der Waals surface area (Å²) in [7, 11) is 0. The number of nitrogens with zero attached hydrogens (tertiary/aromatic N) is 1. The van der Waals surface area contributed by atoms with Crippen molar-refractivity contribution >= 4 is 17.6 Å². The van der Waals surface area contributed by atoms with Crippen molar-refractivity contribution in [1.29, 1.82) is 0 Å². The molecule has 0 saturated heterocycles. The van der Waals surface area contributed by atoms with E-state index in [-0.39, 0.29) is 11.5 Å². The molecule has 1 heterocycles. The summed E-state index contributed by atoms with van der Waals surface area (Å²) in [6.45, 7) is 4.01. The number of hydrogen-bond acceptors (Lipinski definition) is 3. The van der Waals surface area contributed by atoms with Gasteiger partial charge in [0.2, 0.25) is 0 Å². The smallest absolute Gasteiger partial charge is 0.335 e. The molecule has 1 aromatic rings. The van der Waals surface area contributed by atoms with Gasteiger partial charge in [-0.1, -0.05) is 0 Å². The molecule has 1 aliphatic heterocycles. The van der Waals surface area contributed by atoms with E-state index >= 15 is 0 Å². The van der Waals surface area contributed by atoms with Crippen LogP contribution in [0.3, 0.4) is 0 Å². The molecule has 1 N–H and O–H groups in total. The second-order valence-electron chi connectivity index (χ2n) is 3.83. The molecule has 90 valence electrons. The van der Waals surface area contributed by atoms with Crippen LogP contribution in [-0.2, 0) is 4.79 Å². The summed E-state index contributed by atoms with van der Waals surface area (Å²) < 4.78 is 5.43. The molecule has 5 heteroatoms. The van der Waals surface area contributed by atoms with Gasteiger partial charge < -0.3 is 14.7 Å². The lowest BCUT2D eigenvalue weighted by Crippen LogP contribution is -2.44. The van der Waals surface area contributed by atoms with Crippen LogP contribution < -0.4 is 9.64 Å². The van der Waals surface area contributed by atoms with E-state index in [4.69, 9.17) is 9.84 Å². The van der Waals surface area contributed by atoms with E-state index in [1.165, 1.54) is 17.0 Å². The Bertz CT molecular complexity index is 483. The number of amides is 1. The first kappa shape index (κ1) is 11.4. The quantitative estimate of drug-likeness (QED) is 0.843. The Morgan fingerprint density at radius 3 is 2.82 bits per heavy atom. The van der Waals surface area contributed by atoms with Crippen molar-refractivity contribution < 1.29 is 19.4 Å². The minimum atomic E-state index is -1.02. The van der Waals surface area contributed by atoms with Crippen LogP contribution in [0, 0.1) is 0 Å². The maximum Gasteiger partial charge on any atom is 0.335 e. The number of carbonyl (C=O) groups excluding carboxylic acids is 1. The van der Waals surface area contributed by atoms with Gasteiger partial charge in [-0.2, -0.15) is 0 Å². The minimum absolute atomic E-state index is 0.146. The molecular formula is C12H13NO4. The van der Waals surface area contributed by atoms with E-state index in [1.54, 1.807) is 13.0 Å². The molecule has 17 heavy (non-hydrogen) atoms. The van der Waals surface area contributed by atoms with Crippen molar-refractivity contribution in [3.05, 3.63) is 23.8 Å². The Balaban J connectivity index is 2.52. The molecule has 5 nitrogen and oxygen atoms in total. The molecule has 1 atom stereocenters. The van der Waals surface area contributed by atoms with Crippen molar-refractivity contribution in [2.45, 2.75) is 20.0 Å². The number of rotatable bonds is 2. The van der Waals surface area contributed by atoms with Crippen LogP contribution in [0.15, 0.2) is 18.2 Å². The van der Waals surface area contributed by atoms with Crippen LogP contribution in [-0.4, -0.2) is 29.6 Å². The number of carboxylic acid groups (broad SMARTS) is 1. The van der Waals surface area contributed by atoms with Crippen molar-refractivity contribution in [1.82, 2.24) is 0 Å². The molecule has 0 spiro atoms. The van der Waals surface area contributed by atoms with E-state index in [0.717, 1.165) is 0 Å². The SMILES string of the molecule is CCN1C(=O)C(C)Oc2ccc(C(=O)O)cc21. The Kier molecular flexibility index (Phi) is 2.75. The first-order valence-corrected chi connectivity index (χ1v) is 5.40.